The molecule has 130 valence electrons. The van der Waals surface area contributed by atoms with Crippen LogP contribution in [0.1, 0.15) is 18.5 Å². The first-order valence-electron chi connectivity index (χ1n) is 8.79. The second kappa shape index (κ2) is 6.70. The molecule has 4 heterocycles. The number of fused-ring (bicyclic) bond motifs is 1. The molecule has 0 amide bonds. The van der Waals surface area contributed by atoms with Gasteiger partial charge in [-0.3, -0.25) is 4.57 Å². The zero-order valence-corrected chi connectivity index (χ0v) is 14.7. The van der Waals surface area contributed by atoms with Crippen molar-refractivity contribution in [1.29, 1.82) is 0 Å². The van der Waals surface area contributed by atoms with E-state index in [0.717, 1.165) is 61.2 Å². The molecule has 0 unspecified atom stereocenters. The SMILES string of the molecule is Cc1cccc(OCC2CCN(c3nc4cccnc4n3C)CC2)n1. The summed E-state index contributed by atoms with van der Waals surface area (Å²) in [6.45, 7) is 4.70. The number of hydrogen-bond donors (Lipinski definition) is 0. The van der Waals surface area contributed by atoms with E-state index in [1.165, 1.54) is 0 Å². The maximum absolute atomic E-state index is 5.88. The number of ether oxygens (including phenoxy) is 1. The molecule has 3 aromatic rings. The fourth-order valence-electron chi connectivity index (χ4n) is 3.40. The quantitative estimate of drug-likeness (QED) is 0.732. The molecule has 6 nitrogen and oxygen atoms in total. The summed E-state index contributed by atoms with van der Waals surface area (Å²) in [7, 11) is 2.04. The van der Waals surface area contributed by atoms with Gasteiger partial charge < -0.3 is 9.64 Å². The number of hydrogen-bond acceptors (Lipinski definition) is 5. The maximum atomic E-state index is 5.88. The summed E-state index contributed by atoms with van der Waals surface area (Å²) in [4.78, 5) is 15.9. The molecular formula is C19H23N5O. The van der Waals surface area contributed by atoms with Gasteiger partial charge in [0, 0.05) is 38.1 Å². The van der Waals surface area contributed by atoms with E-state index >= 15 is 0 Å². The van der Waals surface area contributed by atoms with Gasteiger partial charge in [0.2, 0.25) is 11.8 Å². The van der Waals surface area contributed by atoms with Crippen LogP contribution in [0.3, 0.4) is 0 Å². The van der Waals surface area contributed by atoms with Crippen LogP contribution in [-0.2, 0) is 7.05 Å². The van der Waals surface area contributed by atoms with Crippen LogP contribution in [-0.4, -0.2) is 39.2 Å². The molecule has 0 saturated carbocycles. The normalized spacial score (nSPS) is 15.7. The summed E-state index contributed by atoms with van der Waals surface area (Å²) in [5, 5.41) is 0. The third kappa shape index (κ3) is 3.29. The minimum atomic E-state index is 0.561. The van der Waals surface area contributed by atoms with Crippen LogP contribution in [0.4, 0.5) is 5.95 Å². The standard InChI is InChI=1S/C19H23N5O/c1-14-5-3-7-17(21-14)25-13-15-8-11-24(12-9-15)19-22-16-6-4-10-20-18(16)23(19)2/h3-7,10,15H,8-9,11-13H2,1-2H3. The summed E-state index contributed by atoms with van der Waals surface area (Å²) in [5.74, 6) is 2.30. The molecule has 6 heteroatoms. The predicted octanol–water partition coefficient (Wildman–Crippen LogP) is 2.97. The fourth-order valence-corrected chi connectivity index (χ4v) is 3.40. The highest BCUT2D eigenvalue weighted by Gasteiger charge is 2.23. The molecule has 0 atom stereocenters. The van der Waals surface area contributed by atoms with Crippen LogP contribution in [0.2, 0.25) is 0 Å². The van der Waals surface area contributed by atoms with Crippen molar-refractivity contribution in [2.45, 2.75) is 19.8 Å². The van der Waals surface area contributed by atoms with E-state index in [-0.39, 0.29) is 0 Å². The molecule has 25 heavy (non-hydrogen) atoms. The number of aryl methyl sites for hydroxylation is 2. The number of pyridine rings is 2. The van der Waals surface area contributed by atoms with Gasteiger partial charge in [-0.15, -0.1) is 0 Å². The van der Waals surface area contributed by atoms with Crippen molar-refractivity contribution >= 4 is 17.1 Å². The number of rotatable bonds is 4. The Morgan fingerprint density at radius 1 is 1.12 bits per heavy atom. The molecule has 4 rings (SSSR count). The Morgan fingerprint density at radius 2 is 1.96 bits per heavy atom. The maximum Gasteiger partial charge on any atom is 0.213 e. The molecule has 0 bridgehead atoms. The third-order valence-corrected chi connectivity index (χ3v) is 4.83. The summed E-state index contributed by atoms with van der Waals surface area (Å²) < 4.78 is 7.96. The van der Waals surface area contributed by atoms with E-state index in [0.29, 0.717) is 5.92 Å². The molecule has 0 aliphatic carbocycles. The van der Waals surface area contributed by atoms with E-state index in [2.05, 4.69) is 19.4 Å². The molecule has 1 fully saturated rings. The first kappa shape index (κ1) is 15.9. The Bertz CT molecular complexity index is 867. The van der Waals surface area contributed by atoms with Crippen molar-refractivity contribution in [3.05, 3.63) is 42.2 Å². The second-order valence-corrected chi connectivity index (χ2v) is 6.68. The third-order valence-electron chi connectivity index (χ3n) is 4.83. The van der Waals surface area contributed by atoms with Gasteiger partial charge in [0.15, 0.2) is 5.65 Å². The van der Waals surface area contributed by atoms with Crippen LogP contribution >= 0.6 is 0 Å². The van der Waals surface area contributed by atoms with E-state index < -0.39 is 0 Å². The van der Waals surface area contributed by atoms with Gasteiger partial charge in [0.05, 0.1) is 6.61 Å². The molecule has 0 N–H and O–H groups in total. The number of nitrogens with zero attached hydrogens (tertiary/aromatic N) is 5. The summed E-state index contributed by atoms with van der Waals surface area (Å²) in [6.07, 6.45) is 4.02. The molecular weight excluding hydrogens is 314 g/mol. The lowest BCUT2D eigenvalue weighted by Crippen LogP contribution is -2.37. The Balaban J connectivity index is 1.37. The van der Waals surface area contributed by atoms with Gasteiger partial charge in [0.25, 0.3) is 0 Å². The van der Waals surface area contributed by atoms with Crippen molar-refractivity contribution in [2.75, 3.05) is 24.6 Å². The van der Waals surface area contributed by atoms with Crippen LogP contribution in [0, 0.1) is 12.8 Å². The lowest BCUT2D eigenvalue weighted by Gasteiger charge is -2.32. The highest BCUT2D eigenvalue weighted by molar-refractivity contribution is 5.74. The van der Waals surface area contributed by atoms with Crippen LogP contribution in [0.25, 0.3) is 11.2 Å². The molecule has 0 spiro atoms. The zero-order chi connectivity index (χ0) is 17.2. The second-order valence-electron chi connectivity index (χ2n) is 6.68. The smallest absolute Gasteiger partial charge is 0.213 e. The Kier molecular flexibility index (Phi) is 4.26. The Hall–Kier alpha value is -2.63. The first-order valence-corrected chi connectivity index (χ1v) is 8.79. The summed E-state index contributed by atoms with van der Waals surface area (Å²) in [5.41, 5.74) is 2.88. The Labute approximate surface area is 147 Å². The van der Waals surface area contributed by atoms with Crippen LogP contribution in [0.15, 0.2) is 36.5 Å². The molecule has 0 radical (unpaired) electrons. The van der Waals surface area contributed by atoms with Crippen molar-refractivity contribution in [3.8, 4) is 5.88 Å². The molecule has 1 saturated heterocycles. The van der Waals surface area contributed by atoms with E-state index in [1.807, 2.05) is 50.5 Å². The number of aromatic nitrogens is 4. The average molecular weight is 337 g/mol. The summed E-state index contributed by atoms with van der Waals surface area (Å²) >= 11 is 0. The number of anilines is 1. The van der Waals surface area contributed by atoms with Crippen LogP contribution in [0.5, 0.6) is 5.88 Å². The highest BCUT2D eigenvalue weighted by Crippen LogP contribution is 2.25. The number of imidazole rings is 1. The molecule has 3 aromatic heterocycles. The van der Waals surface area contributed by atoms with Gasteiger partial charge in [-0.25, -0.2) is 15.0 Å². The summed E-state index contributed by atoms with van der Waals surface area (Å²) in [6, 6.07) is 9.84. The first-order chi connectivity index (χ1) is 12.2. The van der Waals surface area contributed by atoms with Gasteiger partial charge in [-0.1, -0.05) is 6.07 Å². The zero-order valence-electron chi connectivity index (χ0n) is 14.7. The predicted molar refractivity (Wildman–Crippen MR) is 97.9 cm³/mol. The van der Waals surface area contributed by atoms with Gasteiger partial charge >= 0.3 is 0 Å². The van der Waals surface area contributed by atoms with Crippen molar-refractivity contribution in [2.24, 2.45) is 13.0 Å². The number of piperidine rings is 1. The molecule has 1 aliphatic heterocycles. The molecule has 1 aliphatic rings. The van der Waals surface area contributed by atoms with Gasteiger partial charge in [-0.05, 0) is 43.9 Å². The lowest BCUT2D eigenvalue weighted by molar-refractivity contribution is 0.215. The minimum absolute atomic E-state index is 0.561. The fraction of sp³-hybridized carbons (Fsp3) is 0.421. The van der Waals surface area contributed by atoms with Gasteiger partial charge in [0.1, 0.15) is 5.52 Å². The lowest BCUT2D eigenvalue weighted by atomic mass is 9.98. The van der Waals surface area contributed by atoms with Crippen molar-refractivity contribution in [3.63, 3.8) is 0 Å². The molecule has 0 aromatic carbocycles. The van der Waals surface area contributed by atoms with Crippen molar-refractivity contribution in [1.82, 2.24) is 19.5 Å². The Morgan fingerprint density at radius 3 is 2.72 bits per heavy atom. The largest absolute Gasteiger partial charge is 0.477 e. The van der Waals surface area contributed by atoms with E-state index in [9.17, 15) is 0 Å². The monoisotopic (exact) mass is 337 g/mol. The average Bonchev–Trinajstić information content (AvgIpc) is 2.98. The van der Waals surface area contributed by atoms with Crippen molar-refractivity contribution < 1.29 is 4.74 Å². The topological polar surface area (TPSA) is 56.1 Å². The minimum Gasteiger partial charge on any atom is -0.477 e. The van der Waals surface area contributed by atoms with E-state index in [4.69, 9.17) is 9.72 Å². The van der Waals surface area contributed by atoms with Crippen LogP contribution < -0.4 is 9.64 Å². The van der Waals surface area contributed by atoms with E-state index in [1.54, 1.807) is 0 Å². The van der Waals surface area contributed by atoms with Gasteiger partial charge in [-0.2, -0.15) is 0 Å². The highest BCUT2D eigenvalue weighted by atomic mass is 16.5.